The highest BCUT2D eigenvalue weighted by Crippen LogP contribution is 2.33. The molecule has 0 aliphatic carbocycles. The Kier molecular flexibility index (Phi) is 5.64. The zero-order valence-corrected chi connectivity index (χ0v) is 16.0. The summed E-state index contributed by atoms with van der Waals surface area (Å²) in [4.78, 5) is 19.1. The zero-order chi connectivity index (χ0) is 19.3. The van der Waals surface area contributed by atoms with Crippen molar-refractivity contribution in [1.82, 2.24) is 4.90 Å². The molecule has 1 saturated heterocycles. The fourth-order valence-corrected chi connectivity index (χ4v) is 3.88. The summed E-state index contributed by atoms with van der Waals surface area (Å²) in [7, 11) is 0. The SMILES string of the molecule is O=C1N=C(N2CCOCC2)S/C1=C/c1ccc(O)c(OCc2ccccc2)c1. The number of hydrogen-bond donors (Lipinski definition) is 1. The molecule has 4 rings (SSSR count). The molecule has 0 spiro atoms. The van der Waals surface area contributed by atoms with Crippen molar-refractivity contribution in [2.24, 2.45) is 4.99 Å². The minimum Gasteiger partial charge on any atom is -0.504 e. The summed E-state index contributed by atoms with van der Waals surface area (Å²) in [6.07, 6.45) is 1.78. The first-order valence-corrected chi connectivity index (χ1v) is 9.86. The molecule has 0 atom stereocenters. The molecule has 6 nitrogen and oxygen atoms in total. The van der Waals surface area contributed by atoms with Crippen LogP contribution in [0.3, 0.4) is 0 Å². The van der Waals surface area contributed by atoms with E-state index in [2.05, 4.69) is 9.89 Å². The standard InChI is InChI=1S/C21H20N2O4S/c24-17-7-6-16(12-18(17)27-14-15-4-2-1-3-5-15)13-19-20(25)22-21(28-19)23-8-10-26-11-9-23/h1-7,12-13,24H,8-11,14H2/b19-13+. The lowest BCUT2D eigenvalue weighted by Gasteiger charge is -2.27. The van der Waals surface area contributed by atoms with Gasteiger partial charge in [-0.3, -0.25) is 4.79 Å². The van der Waals surface area contributed by atoms with Gasteiger partial charge in [-0.05, 0) is 41.1 Å². The van der Waals surface area contributed by atoms with Crippen LogP contribution in [0.15, 0.2) is 58.4 Å². The number of morpholine rings is 1. The quantitative estimate of drug-likeness (QED) is 0.800. The fraction of sp³-hybridized carbons (Fsp3) is 0.238. The maximum Gasteiger partial charge on any atom is 0.286 e. The van der Waals surface area contributed by atoms with Gasteiger partial charge in [0, 0.05) is 13.1 Å². The number of phenolic OH excluding ortho intramolecular Hbond substituents is 1. The first-order chi connectivity index (χ1) is 13.7. The van der Waals surface area contributed by atoms with Crippen molar-refractivity contribution in [2.75, 3.05) is 26.3 Å². The van der Waals surface area contributed by atoms with E-state index in [0.29, 0.717) is 30.5 Å². The van der Waals surface area contributed by atoms with Crippen molar-refractivity contribution in [1.29, 1.82) is 0 Å². The van der Waals surface area contributed by atoms with Crippen LogP contribution in [-0.4, -0.2) is 47.4 Å². The molecule has 2 aromatic rings. The van der Waals surface area contributed by atoms with Crippen molar-refractivity contribution in [3.05, 3.63) is 64.6 Å². The molecular formula is C21H20N2O4S. The number of nitrogens with zero attached hydrogens (tertiary/aromatic N) is 2. The zero-order valence-electron chi connectivity index (χ0n) is 15.2. The van der Waals surface area contributed by atoms with Gasteiger partial charge in [-0.2, -0.15) is 4.99 Å². The molecule has 2 aromatic carbocycles. The second kappa shape index (κ2) is 8.50. The molecule has 144 valence electrons. The Hall–Kier alpha value is -2.77. The van der Waals surface area contributed by atoms with Gasteiger partial charge in [0.05, 0.1) is 18.1 Å². The normalized spacial score (nSPS) is 18.4. The molecular weight excluding hydrogens is 376 g/mol. The molecule has 0 aromatic heterocycles. The molecule has 28 heavy (non-hydrogen) atoms. The highest BCUT2D eigenvalue weighted by molar-refractivity contribution is 8.18. The maximum absolute atomic E-state index is 12.3. The number of aliphatic imine (C=N–C) groups is 1. The third-order valence-electron chi connectivity index (χ3n) is 4.41. The molecule has 1 N–H and O–H groups in total. The largest absolute Gasteiger partial charge is 0.504 e. The van der Waals surface area contributed by atoms with Gasteiger partial charge in [-0.1, -0.05) is 36.4 Å². The Bertz CT molecular complexity index is 921. The first-order valence-electron chi connectivity index (χ1n) is 9.04. The van der Waals surface area contributed by atoms with Crippen LogP contribution < -0.4 is 4.74 Å². The second-order valence-electron chi connectivity index (χ2n) is 6.41. The van der Waals surface area contributed by atoms with Gasteiger partial charge < -0.3 is 19.5 Å². The van der Waals surface area contributed by atoms with Gasteiger partial charge in [0.2, 0.25) is 0 Å². The van der Waals surface area contributed by atoms with E-state index < -0.39 is 0 Å². The first kappa shape index (κ1) is 18.6. The molecule has 7 heteroatoms. The van der Waals surface area contributed by atoms with Crippen molar-refractivity contribution >= 4 is 28.9 Å². The number of aromatic hydroxyl groups is 1. The molecule has 0 bridgehead atoms. The number of carbonyl (C=O) groups excluding carboxylic acids is 1. The summed E-state index contributed by atoms with van der Waals surface area (Å²) in [5.74, 6) is 0.197. The summed E-state index contributed by atoms with van der Waals surface area (Å²) >= 11 is 1.37. The van der Waals surface area contributed by atoms with E-state index in [1.165, 1.54) is 11.8 Å². The fourth-order valence-electron chi connectivity index (χ4n) is 2.91. The minimum absolute atomic E-state index is 0.0636. The van der Waals surface area contributed by atoms with Gasteiger partial charge in [0.25, 0.3) is 5.91 Å². The molecule has 1 fully saturated rings. The van der Waals surface area contributed by atoms with Gasteiger partial charge in [0.1, 0.15) is 6.61 Å². The van der Waals surface area contributed by atoms with Crippen LogP contribution in [-0.2, 0) is 16.1 Å². The number of phenols is 1. The van der Waals surface area contributed by atoms with Gasteiger partial charge in [-0.25, -0.2) is 0 Å². The van der Waals surface area contributed by atoms with Crippen LogP contribution >= 0.6 is 11.8 Å². The molecule has 0 radical (unpaired) electrons. The summed E-state index contributed by atoms with van der Waals surface area (Å²) < 4.78 is 11.1. The van der Waals surface area contributed by atoms with E-state index in [1.807, 2.05) is 30.3 Å². The number of amides is 1. The number of benzene rings is 2. The van der Waals surface area contributed by atoms with Crippen LogP contribution in [0.1, 0.15) is 11.1 Å². The van der Waals surface area contributed by atoms with E-state index in [9.17, 15) is 9.90 Å². The van der Waals surface area contributed by atoms with Crippen LogP contribution in [0, 0.1) is 0 Å². The minimum atomic E-state index is -0.244. The van der Waals surface area contributed by atoms with Crippen LogP contribution in [0.25, 0.3) is 6.08 Å². The number of thioether (sulfide) groups is 1. The summed E-state index contributed by atoms with van der Waals surface area (Å²) in [6, 6.07) is 14.8. The predicted octanol–water partition coefficient (Wildman–Crippen LogP) is 3.27. The smallest absolute Gasteiger partial charge is 0.286 e. The topological polar surface area (TPSA) is 71.4 Å². The van der Waals surface area contributed by atoms with Crippen molar-refractivity contribution in [3.8, 4) is 11.5 Å². The lowest BCUT2D eigenvalue weighted by molar-refractivity contribution is -0.113. The summed E-state index contributed by atoms with van der Waals surface area (Å²) in [5, 5.41) is 10.8. The van der Waals surface area contributed by atoms with E-state index >= 15 is 0 Å². The molecule has 0 saturated carbocycles. The number of hydrogen-bond acceptors (Lipinski definition) is 6. The van der Waals surface area contributed by atoms with E-state index in [-0.39, 0.29) is 11.7 Å². The van der Waals surface area contributed by atoms with E-state index in [0.717, 1.165) is 29.4 Å². The Morgan fingerprint density at radius 2 is 1.96 bits per heavy atom. The lowest BCUT2D eigenvalue weighted by atomic mass is 10.2. The summed E-state index contributed by atoms with van der Waals surface area (Å²) in [5.41, 5.74) is 1.78. The highest BCUT2D eigenvalue weighted by atomic mass is 32.2. The third kappa shape index (κ3) is 4.37. The van der Waals surface area contributed by atoms with Gasteiger partial charge in [-0.15, -0.1) is 0 Å². The molecule has 2 aliphatic rings. The summed E-state index contributed by atoms with van der Waals surface area (Å²) in [6.45, 7) is 3.12. The van der Waals surface area contributed by atoms with E-state index in [4.69, 9.17) is 9.47 Å². The monoisotopic (exact) mass is 396 g/mol. The number of carbonyl (C=O) groups is 1. The Morgan fingerprint density at radius 3 is 2.75 bits per heavy atom. The van der Waals surface area contributed by atoms with Gasteiger partial charge in [0.15, 0.2) is 16.7 Å². The number of ether oxygens (including phenoxy) is 2. The number of amidine groups is 1. The highest BCUT2D eigenvalue weighted by Gasteiger charge is 2.27. The van der Waals surface area contributed by atoms with Crippen LogP contribution in [0.5, 0.6) is 11.5 Å². The van der Waals surface area contributed by atoms with Crippen LogP contribution in [0.4, 0.5) is 0 Å². The molecule has 2 heterocycles. The predicted molar refractivity (Wildman–Crippen MR) is 109 cm³/mol. The Balaban J connectivity index is 1.46. The van der Waals surface area contributed by atoms with Gasteiger partial charge >= 0.3 is 0 Å². The molecule has 0 unspecified atom stereocenters. The Morgan fingerprint density at radius 1 is 1.18 bits per heavy atom. The maximum atomic E-state index is 12.3. The van der Waals surface area contributed by atoms with Crippen molar-refractivity contribution < 1.29 is 19.4 Å². The van der Waals surface area contributed by atoms with Crippen LogP contribution in [0.2, 0.25) is 0 Å². The third-order valence-corrected chi connectivity index (χ3v) is 5.45. The number of rotatable bonds is 4. The van der Waals surface area contributed by atoms with Crippen molar-refractivity contribution in [2.45, 2.75) is 6.61 Å². The van der Waals surface area contributed by atoms with Crippen molar-refractivity contribution in [3.63, 3.8) is 0 Å². The second-order valence-corrected chi connectivity index (χ2v) is 7.42. The average molecular weight is 396 g/mol. The van der Waals surface area contributed by atoms with E-state index in [1.54, 1.807) is 24.3 Å². The Labute approximate surface area is 167 Å². The molecule has 1 amide bonds. The lowest BCUT2D eigenvalue weighted by Crippen LogP contribution is -2.38. The average Bonchev–Trinajstić information content (AvgIpc) is 3.10. The molecule has 2 aliphatic heterocycles.